The number of pyridine rings is 1. The zero-order chi connectivity index (χ0) is 29.8. The van der Waals surface area contributed by atoms with Crippen molar-refractivity contribution in [2.75, 3.05) is 33.2 Å². The number of halogens is 2. The van der Waals surface area contributed by atoms with Gasteiger partial charge in [-0.2, -0.15) is 15.0 Å². The second kappa shape index (κ2) is 13.3. The molecule has 0 bridgehead atoms. The molecule has 1 fully saturated rings. The van der Waals surface area contributed by atoms with E-state index in [0.29, 0.717) is 11.0 Å². The zero-order valence-corrected chi connectivity index (χ0v) is 24.6. The van der Waals surface area contributed by atoms with Gasteiger partial charge in [0, 0.05) is 49.3 Å². The average Bonchev–Trinajstić information content (AvgIpc) is 3.65. The summed E-state index contributed by atoms with van der Waals surface area (Å²) in [6, 6.07) is 5.73. The molecule has 14 heteroatoms. The molecule has 0 saturated carbocycles. The van der Waals surface area contributed by atoms with Crippen LogP contribution in [0.2, 0.25) is 0 Å². The number of aliphatic hydroxyl groups is 1. The summed E-state index contributed by atoms with van der Waals surface area (Å²) in [7, 11) is 2.04. The van der Waals surface area contributed by atoms with Gasteiger partial charge in [-0.25, -0.2) is 8.78 Å². The van der Waals surface area contributed by atoms with Crippen molar-refractivity contribution in [2.24, 2.45) is 0 Å². The molecule has 6 rings (SSSR count). The van der Waals surface area contributed by atoms with E-state index in [9.17, 15) is 5.11 Å². The number of hydrogen-bond donors (Lipinski definition) is 1. The fourth-order valence-corrected chi connectivity index (χ4v) is 6.25. The third kappa shape index (κ3) is 6.93. The van der Waals surface area contributed by atoms with Crippen LogP contribution < -0.4 is 4.74 Å². The van der Waals surface area contributed by atoms with Crippen LogP contribution in [0.1, 0.15) is 25.1 Å². The summed E-state index contributed by atoms with van der Waals surface area (Å²) < 4.78 is 38.0. The molecule has 0 radical (unpaired) electrons. The van der Waals surface area contributed by atoms with Crippen molar-refractivity contribution < 1.29 is 18.6 Å². The van der Waals surface area contributed by atoms with Crippen molar-refractivity contribution in [1.82, 2.24) is 44.5 Å². The molecule has 2 aliphatic rings. The van der Waals surface area contributed by atoms with Gasteiger partial charge in [0.2, 0.25) is 0 Å². The van der Waals surface area contributed by atoms with E-state index in [1.807, 2.05) is 28.6 Å². The number of hydrogen-bond acceptors (Lipinski definition) is 10. The fraction of sp³-hybridized carbons (Fsp3) is 0.414. The van der Waals surface area contributed by atoms with Gasteiger partial charge >= 0.3 is 0 Å². The average molecular weight is 610 g/mol. The van der Waals surface area contributed by atoms with Crippen molar-refractivity contribution in [1.29, 1.82) is 0 Å². The van der Waals surface area contributed by atoms with Crippen LogP contribution in [0.15, 0.2) is 60.2 Å². The topological polar surface area (TPSA) is 110 Å². The third-order valence-corrected chi connectivity index (χ3v) is 8.72. The minimum absolute atomic E-state index is 0.0528. The van der Waals surface area contributed by atoms with Crippen molar-refractivity contribution in [3.05, 3.63) is 72.5 Å². The Hall–Kier alpha value is -3.72. The summed E-state index contributed by atoms with van der Waals surface area (Å²) in [6.07, 6.45) is 11.5. The maximum absolute atomic E-state index is 15.2. The molecule has 1 saturated heterocycles. The van der Waals surface area contributed by atoms with E-state index in [4.69, 9.17) is 4.74 Å². The lowest BCUT2D eigenvalue weighted by atomic mass is 10.1. The highest BCUT2D eigenvalue weighted by molar-refractivity contribution is 7.99. The smallest absolute Gasteiger partial charge is 0.196 e. The largest absolute Gasteiger partial charge is 0.482 e. The predicted molar refractivity (Wildman–Crippen MR) is 157 cm³/mol. The Labute approximate surface area is 252 Å². The van der Waals surface area contributed by atoms with Gasteiger partial charge in [-0.1, -0.05) is 23.9 Å². The first-order valence-electron chi connectivity index (χ1n) is 14.3. The van der Waals surface area contributed by atoms with E-state index in [1.54, 1.807) is 24.2 Å². The number of nitrogens with zero attached hydrogens (tertiary/aromatic N) is 9. The lowest BCUT2D eigenvalue weighted by Crippen LogP contribution is -2.50. The Balaban J connectivity index is 1.16. The number of allylic oxidation sites excluding steroid dienone is 1. The van der Waals surface area contributed by atoms with Crippen LogP contribution in [0, 0.1) is 11.6 Å². The molecule has 1 aromatic carbocycles. The molecular formula is C29H33F2N9O2S. The number of aliphatic hydroxyl groups excluding tert-OH is 1. The second-order valence-corrected chi connectivity index (χ2v) is 11.8. The summed E-state index contributed by atoms with van der Waals surface area (Å²) in [5.74, 6) is -1.29. The number of likely N-dealkylation sites (N-methyl/N-ethyl adjacent to an activating group) is 1. The van der Waals surface area contributed by atoms with Gasteiger partial charge in [0.25, 0.3) is 0 Å². The number of rotatable bonds is 10. The first-order chi connectivity index (χ1) is 20.9. The van der Waals surface area contributed by atoms with Gasteiger partial charge in [0.15, 0.2) is 22.5 Å². The number of ether oxygens (including phenoxy) is 1. The zero-order valence-electron chi connectivity index (χ0n) is 23.8. The number of thioether (sulfide) groups is 1. The number of benzene rings is 1. The van der Waals surface area contributed by atoms with E-state index in [-0.39, 0.29) is 35.4 Å². The Kier molecular flexibility index (Phi) is 9.07. The van der Waals surface area contributed by atoms with Gasteiger partial charge in [0.1, 0.15) is 30.9 Å². The lowest BCUT2D eigenvalue weighted by Gasteiger charge is -2.35. The number of aromatic nitrogens is 7. The minimum Gasteiger partial charge on any atom is -0.482 e. The van der Waals surface area contributed by atoms with Gasteiger partial charge in [-0.3, -0.25) is 14.5 Å². The van der Waals surface area contributed by atoms with E-state index < -0.39 is 17.9 Å². The standard InChI is InChI=1S/C29H33F2N9O2S/c1-37-10-12-38(13-11-37)28(41)18-39-33-17-25(36-39)22-14-24(31)26(15-23(22)30)42-19-27-34-35-29(43-21-7-3-2-4-8-21)40(27)20-6-5-9-32-16-20/h3,5-7,9,14-17,21,28,41H,2,4,8,10-13,18-19H2,1H3. The molecule has 1 N–H and O–H groups in total. The van der Waals surface area contributed by atoms with Gasteiger partial charge in [-0.05, 0) is 44.5 Å². The molecule has 0 spiro atoms. The number of piperazine rings is 1. The summed E-state index contributed by atoms with van der Waals surface area (Å²) >= 11 is 1.60. The quantitative estimate of drug-likeness (QED) is 0.268. The molecule has 1 aliphatic heterocycles. The molecule has 0 amide bonds. The second-order valence-electron chi connectivity index (χ2n) is 10.6. The summed E-state index contributed by atoms with van der Waals surface area (Å²) in [5.41, 5.74) is 0.849. The molecule has 4 aromatic rings. The first-order valence-corrected chi connectivity index (χ1v) is 15.1. The molecular weight excluding hydrogens is 576 g/mol. The first kappa shape index (κ1) is 29.4. The van der Waals surface area contributed by atoms with Gasteiger partial charge in [0.05, 0.1) is 18.1 Å². The minimum atomic E-state index is -0.780. The van der Waals surface area contributed by atoms with Crippen LogP contribution in [0.3, 0.4) is 0 Å². The van der Waals surface area contributed by atoms with Crippen LogP contribution in [0.4, 0.5) is 8.78 Å². The third-order valence-electron chi connectivity index (χ3n) is 7.55. The van der Waals surface area contributed by atoms with Crippen molar-refractivity contribution in [3.63, 3.8) is 0 Å². The molecule has 4 heterocycles. The van der Waals surface area contributed by atoms with E-state index >= 15 is 8.78 Å². The van der Waals surface area contributed by atoms with Crippen LogP contribution in [-0.2, 0) is 13.2 Å². The maximum atomic E-state index is 15.2. The lowest BCUT2D eigenvalue weighted by molar-refractivity contribution is -0.0352. The summed E-state index contributed by atoms with van der Waals surface area (Å²) in [4.78, 5) is 9.65. The summed E-state index contributed by atoms with van der Waals surface area (Å²) in [6.45, 7) is 3.14. The molecule has 3 aromatic heterocycles. The van der Waals surface area contributed by atoms with Crippen molar-refractivity contribution in [2.45, 2.75) is 49.0 Å². The van der Waals surface area contributed by atoms with Crippen molar-refractivity contribution >= 4 is 11.8 Å². The monoisotopic (exact) mass is 609 g/mol. The Morgan fingerprint density at radius 2 is 1.98 bits per heavy atom. The normalized spacial score (nSPS) is 18.7. The van der Waals surface area contributed by atoms with E-state index in [2.05, 4.69) is 42.4 Å². The van der Waals surface area contributed by atoms with Crippen LogP contribution in [0.25, 0.3) is 16.9 Å². The Morgan fingerprint density at radius 1 is 1.12 bits per heavy atom. The highest BCUT2D eigenvalue weighted by atomic mass is 32.2. The van der Waals surface area contributed by atoms with Crippen LogP contribution in [0.5, 0.6) is 5.75 Å². The molecule has 2 unspecified atom stereocenters. The van der Waals surface area contributed by atoms with Crippen LogP contribution in [-0.4, -0.2) is 94.4 Å². The molecule has 43 heavy (non-hydrogen) atoms. The predicted octanol–water partition coefficient (Wildman–Crippen LogP) is 3.54. The highest BCUT2D eigenvalue weighted by Gasteiger charge is 2.23. The van der Waals surface area contributed by atoms with Crippen molar-refractivity contribution in [3.8, 4) is 22.7 Å². The molecule has 11 nitrogen and oxygen atoms in total. The van der Waals surface area contributed by atoms with E-state index in [0.717, 1.165) is 63.3 Å². The SMILES string of the molecule is CN1CCN(C(O)Cn2ncc(-c3cc(F)c(OCc4nnc(SC5C=CCCC5)n4-c4cccnc4)cc3F)n2)CC1. The summed E-state index contributed by atoms with van der Waals surface area (Å²) in [5, 5.41) is 28.6. The molecule has 226 valence electrons. The Morgan fingerprint density at radius 3 is 2.74 bits per heavy atom. The van der Waals surface area contributed by atoms with E-state index in [1.165, 1.54) is 11.0 Å². The maximum Gasteiger partial charge on any atom is 0.196 e. The van der Waals surface area contributed by atoms with Gasteiger partial charge < -0.3 is 14.7 Å². The highest BCUT2D eigenvalue weighted by Crippen LogP contribution is 2.32. The fourth-order valence-electron chi connectivity index (χ4n) is 5.10. The molecule has 1 aliphatic carbocycles. The van der Waals surface area contributed by atoms with Gasteiger partial charge in [-0.15, -0.1) is 10.2 Å². The van der Waals surface area contributed by atoms with Crippen LogP contribution >= 0.6 is 11.8 Å². The molecule has 2 atom stereocenters. The Bertz CT molecular complexity index is 1560.